The second-order valence-corrected chi connectivity index (χ2v) is 11.7. The molecular weight excluding hydrogens is 428 g/mol. The molecule has 2 aliphatic heterocycles. The minimum absolute atomic E-state index is 0.0195. The second-order valence-electron chi connectivity index (χ2n) is 9.96. The minimum atomic E-state index is -3.16. The largest absolute Gasteiger partial charge is 0.444 e. The van der Waals surface area contributed by atoms with E-state index in [9.17, 15) is 13.2 Å². The first-order valence-electron chi connectivity index (χ1n) is 11.4. The highest BCUT2D eigenvalue weighted by molar-refractivity contribution is 7.88. The van der Waals surface area contributed by atoms with E-state index in [1.165, 1.54) is 23.1 Å². The average Bonchev–Trinajstić information content (AvgIpc) is 2.68. The van der Waals surface area contributed by atoms with Gasteiger partial charge in [0, 0.05) is 57.5 Å². The lowest BCUT2D eigenvalue weighted by Gasteiger charge is -2.37. The predicted octanol–water partition coefficient (Wildman–Crippen LogP) is 2.57. The van der Waals surface area contributed by atoms with E-state index in [1.807, 2.05) is 20.8 Å². The number of ether oxygens (including phenoxy) is 1. The van der Waals surface area contributed by atoms with Crippen LogP contribution < -0.4 is 9.62 Å². The zero-order valence-corrected chi connectivity index (χ0v) is 20.9. The fourth-order valence-electron chi connectivity index (χ4n) is 4.38. The van der Waals surface area contributed by atoms with Gasteiger partial charge < -0.3 is 14.5 Å². The van der Waals surface area contributed by atoms with Crippen LogP contribution in [0.1, 0.15) is 44.7 Å². The van der Waals surface area contributed by atoms with Gasteiger partial charge in [-0.1, -0.05) is 12.1 Å². The maximum atomic E-state index is 12.3. The van der Waals surface area contributed by atoms with E-state index in [2.05, 4.69) is 39.6 Å². The van der Waals surface area contributed by atoms with Crippen LogP contribution in [0.15, 0.2) is 18.2 Å². The first kappa shape index (κ1) is 24.8. The zero-order chi connectivity index (χ0) is 23.5. The van der Waals surface area contributed by atoms with E-state index in [1.54, 1.807) is 4.90 Å². The molecule has 2 saturated heterocycles. The normalized spacial score (nSPS) is 19.3. The first-order chi connectivity index (χ1) is 14.9. The summed E-state index contributed by atoms with van der Waals surface area (Å²) < 4.78 is 31.2. The van der Waals surface area contributed by atoms with Crippen molar-refractivity contribution in [1.29, 1.82) is 0 Å². The maximum Gasteiger partial charge on any atom is 0.410 e. The number of amides is 1. The molecule has 1 amide bonds. The Labute approximate surface area is 192 Å². The molecule has 0 bridgehead atoms. The summed E-state index contributed by atoms with van der Waals surface area (Å²) in [5, 5.41) is 0. The SMILES string of the molecule is Cc1c(CN2CCN(C(=O)OC(C)(C)C)CC2)cccc1N1CCC(NS(C)(=O)=O)CC1. The third-order valence-corrected chi connectivity index (χ3v) is 6.81. The van der Waals surface area contributed by atoms with Crippen molar-refractivity contribution < 1.29 is 17.9 Å². The summed E-state index contributed by atoms with van der Waals surface area (Å²) in [5.74, 6) is 0. The molecule has 180 valence electrons. The third-order valence-electron chi connectivity index (χ3n) is 6.05. The fourth-order valence-corrected chi connectivity index (χ4v) is 5.22. The number of sulfonamides is 1. The van der Waals surface area contributed by atoms with Gasteiger partial charge in [0.2, 0.25) is 10.0 Å². The van der Waals surface area contributed by atoms with Crippen molar-refractivity contribution in [3.8, 4) is 0 Å². The lowest BCUT2D eigenvalue weighted by molar-refractivity contribution is 0.0139. The van der Waals surface area contributed by atoms with E-state index >= 15 is 0 Å². The molecule has 3 rings (SSSR count). The summed E-state index contributed by atoms with van der Waals surface area (Å²) in [7, 11) is -3.16. The lowest BCUT2D eigenvalue weighted by atomic mass is 10.0. The Morgan fingerprint density at radius 2 is 1.72 bits per heavy atom. The van der Waals surface area contributed by atoms with Crippen molar-refractivity contribution in [1.82, 2.24) is 14.5 Å². The first-order valence-corrected chi connectivity index (χ1v) is 13.3. The zero-order valence-electron chi connectivity index (χ0n) is 20.1. The number of carbonyl (C=O) groups is 1. The van der Waals surface area contributed by atoms with Gasteiger partial charge in [-0.3, -0.25) is 4.90 Å². The summed E-state index contributed by atoms with van der Waals surface area (Å²) >= 11 is 0. The number of carbonyl (C=O) groups excluding carboxylic acids is 1. The highest BCUT2D eigenvalue weighted by Gasteiger charge is 2.27. The smallest absolute Gasteiger partial charge is 0.410 e. The molecule has 0 radical (unpaired) electrons. The number of hydrogen-bond acceptors (Lipinski definition) is 6. The molecule has 0 saturated carbocycles. The van der Waals surface area contributed by atoms with E-state index in [0.29, 0.717) is 13.1 Å². The standard InChI is InChI=1S/C23H38N4O4S/c1-18-19(17-25-13-15-27(16-14-25)22(28)31-23(2,3)4)7-6-8-21(18)26-11-9-20(10-12-26)24-32(5,29)30/h6-8,20,24H,9-17H2,1-5H3. The molecule has 0 spiro atoms. The Hall–Kier alpha value is -1.84. The number of rotatable bonds is 5. The van der Waals surface area contributed by atoms with E-state index in [0.717, 1.165) is 45.6 Å². The quantitative estimate of drug-likeness (QED) is 0.718. The van der Waals surface area contributed by atoms with Crippen molar-refractivity contribution in [3.63, 3.8) is 0 Å². The fraction of sp³-hybridized carbons (Fsp3) is 0.696. The molecule has 1 aromatic carbocycles. The molecule has 2 heterocycles. The highest BCUT2D eigenvalue weighted by Crippen LogP contribution is 2.27. The Bertz CT molecular complexity index is 897. The highest BCUT2D eigenvalue weighted by atomic mass is 32.2. The summed E-state index contributed by atoms with van der Waals surface area (Å²) in [5.41, 5.74) is 3.33. The predicted molar refractivity (Wildman–Crippen MR) is 127 cm³/mol. The summed E-state index contributed by atoms with van der Waals surface area (Å²) in [6.07, 6.45) is 2.61. The van der Waals surface area contributed by atoms with Crippen molar-refractivity contribution >= 4 is 21.8 Å². The Balaban J connectivity index is 1.55. The van der Waals surface area contributed by atoms with Crippen LogP contribution >= 0.6 is 0 Å². The van der Waals surface area contributed by atoms with Gasteiger partial charge in [0.25, 0.3) is 0 Å². The molecule has 1 aromatic rings. The Kier molecular flexibility index (Phi) is 7.73. The van der Waals surface area contributed by atoms with E-state index in [4.69, 9.17) is 4.74 Å². The molecule has 9 heteroatoms. The van der Waals surface area contributed by atoms with Crippen molar-refractivity contribution in [2.24, 2.45) is 0 Å². The Morgan fingerprint density at radius 1 is 1.09 bits per heavy atom. The number of benzene rings is 1. The van der Waals surface area contributed by atoms with Crippen LogP contribution in [0, 0.1) is 6.92 Å². The van der Waals surface area contributed by atoms with Gasteiger partial charge in [0.15, 0.2) is 0 Å². The Morgan fingerprint density at radius 3 is 2.28 bits per heavy atom. The summed E-state index contributed by atoms with van der Waals surface area (Å²) in [6, 6.07) is 6.46. The average molecular weight is 467 g/mol. The maximum absolute atomic E-state index is 12.3. The van der Waals surface area contributed by atoms with Crippen molar-refractivity contribution in [3.05, 3.63) is 29.3 Å². The molecule has 0 atom stereocenters. The number of anilines is 1. The van der Waals surface area contributed by atoms with Crippen LogP contribution in [-0.4, -0.2) is 81.5 Å². The van der Waals surface area contributed by atoms with Gasteiger partial charge in [-0.15, -0.1) is 0 Å². The molecular formula is C23H38N4O4S. The molecule has 32 heavy (non-hydrogen) atoms. The van der Waals surface area contributed by atoms with Gasteiger partial charge in [0.1, 0.15) is 5.60 Å². The van der Waals surface area contributed by atoms with Crippen molar-refractivity contribution in [2.75, 3.05) is 50.4 Å². The number of piperidine rings is 1. The minimum Gasteiger partial charge on any atom is -0.444 e. The summed E-state index contributed by atoms with van der Waals surface area (Å²) in [6.45, 7) is 13.4. The second kappa shape index (κ2) is 9.97. The van der Waals surface area contributed by atoms with Crippen molar-refractivity contribution in [2.45, 2.75) is 58.7 Å². The monoisotopic (exact) mass is 466 g/mol. The number of nitrogens with zero attached hydrogens (tertiary/aromatic N) is 3. The molecule has 8 nitrogen and oxygen atoms in total. The van der Waals surface area contributed by atoms with Gasteiger partial charge in [0.05, 0.1) is 6.26 Å². The molecule has 0 unspecified atom stereocenters. The molecule has 0 aliphatic carbocycles. The number of piperazine rings is 1. The van der Waals surface area contributed by atoms with E-state index in [-0.39, 0.29) is 12.1 Å². The van der Waals surface area contributed by atoms with Crippen LogP contribution in [-0.2, 0) is 21.3 Å². The third kappa shape index (κ3) is 7.08. The van der Waals surface area contributed by atoms with Crippen LogP contribution in [0.4, 0.5) is 10.5 Å². The molecule has 2 fully saturated rings. The molecule has 1 N–H and O–H groups in total. The number of hydrogen-bond donors (Lipinski definition) is 1. The lowest BCUT2D eigenvalue weighted by Crippen LogP contribution is -2.49. The summed E-state index contributed by atoms with van der Waals surface area (Å²) in [4.78, 5) is 18.8. The van der Waals surface area contributed by atoms with E-state index < -0.39 is 15.6 Å². The number of nitrogens with one attached hydrogen (secondary N) is 1. The van der Waals surface area contributed by atoms with Gasteiger partial charge in [-0.2, -0.15) is 0 Å². The van der Waals surface area contributed by atoms with Crippen LogP contribution in [0.25, 0.3) is 0 Å². The van der Waals surface area contributed by atoms with Crippen LogP contribution in [0.2, 0.25) is 0 Å². The topological polar surface area (TPSA) is 82.2 Å². The van der Waals surface area contributed by atoms with Gasteiger partial charge >= 0.3 is 6.09 Å². The van der Waals surface area contributed by atoms with Crippen LogP contribution in [0.5, 0.6) is 0 Å². The molecule has 2 aliphatic rings. The van der Waals surface area contributed by atoms with Gasteiger partial charge in [-0.25, -0.2) is 17.9 Å². The van der Waals surface area contributed by atoms with Crippen LogP contribution in [0.3, 0.4) is 0 Å². The molecule has 0 aromatic heterocycles. The van der Waals surface area contributed by atoms with Gasteiger partial charge in [-0.05, 0) is 57.7 Å².